The lowest BCUT2D eigenvalue weighted by Gasteiger charge is -1.96. The summed E-state index contributed by atoms with van der Waals surface area (Å²) < 4.78 is 6.99. The number of hydrogen-bond acceptors (Lipinski definition) is 5. The topological polar surface area (TPSA) is 56.2 Å². The van der Waals surface area contributed by atoms with E-state index in [0.717, 1.165) is 21.3 Å². The predicted molar refractivity (Wildman–Crippen MR) is 86.7 cm³/mol. The van der Waals surface area contributed by atoms with Crippen LogP contribution in [-0.4, -0.2) is 19.8 Å². The highest BCUT2D eigenvalue weighted by molar-refractivity contribution is 7.17. The number of rotatable bonds is 3. The highest BCUT2D eigenvalue weighted by atomic mass is 35.5. The van der Waals surface area contributed by atoms with Crippen LogP contribution < -0.4 is 0 Å². The summed E-state index contributed by atoms with van der Waals surface area (Å²) >= 11 is 7.37. The van der Waals surface area contributed by atoms with Gasteiger partial charge in [0.05, 0.1) is 6.26 Å². The van der Waals surface area contributed by atoms with Gasteiger partial charge in [-0.15, -0.1) is 10.2 Å². The van der Waals surface area contributed by atoms with Crippen molar-refractivity contribution >= 4 is 40.1 Å². The van der Waals surface area contributed by atoms with Crippen molar-refractivity contribution in [1.82, 2.24) is 19.8 Å². The van der Waals surface area contributed by atoms with Crippen molar-refractivity contribution in [3.05, 3.63) is 58.5 Å². The molecule has 3 aromatic heterocycles. The van der Waals surface area contributed by atoms with Crippen molar-refractivity contribution in [3.63, 3.8) is 0 Å². The molecule has 5 nitrogen and oxygen atoms in total. The summed E-state index contributed by atoms with van der Waals surface area (Å²) in [5.41, 5.74) is 0.920. The summed E-state index contributed by atoms with van der Waals surface area (Å²) in [5.74, 6) is 1.48. The Morgan fingerprint density at radius 3 is 2.73 bits per heavy atom. The van der Waals surface area contributed by atoms with Gasteiger partial charge in [0.15, 0.2) is 5.82 Å². The van der Waals surface area contributed by atoms with Gasteiger partial charge in [-0.3, -0.25) is 0 Å². The molecule has 0 spiro atoms. The zero-order valence-electron chi connectivity index (χ0n) is 11.2. The van der Waals surface area contributed by atoms with E-state index in [4.69, 9.17) is 16.0 Å². The Labute approximate surface area is 134 Å². The van der Waals surface area contributed by atoms with Crippen LogP contribution in [0.15, 0.2) is 47.1 Å². The minimum atomic E-state index is 0.685. The molecule has 0 unspecified atom stereocenters. The van der Waals surface area contributed by atoms with E-state index in [1.54, 1.807) is 10.8 Å². The third kappa shape index (κ3) is 2.43. The lowest BCUT2D eigenvalue weighted by Crippen LogP contribution is -1.90. The van der Waals surface area contributed by atoms with Crippen LogP contribution in [0, 0.1) is 0 Å². The molecule has 4 rings (SSSR count). The number of benzene rings is 1. The molecular weight excluding hydrogens is 320 g/mol. The van der Waals surface area contributed by atoms with Gasteiger partial charge in [-0.05, 0) is 48.6 Å². The highest BCUT2D eigenvalue weighted by Gasteiger charge is 2.12. The summed E-state index contributed by atoms with van der Waals surface area (Å²) in [6.45, 7) is 0. The maximum atomic E-state index is 5.91. The molecule has 0 fully saturated rings. The summed E-state index contributed by atoms with van der Waals surface area (Å²) in [4.78, 5) is 0.740. The van der Waals surface area contributed by atoms with Crippen LogP contribution in [-0.2, 0) is 0 Å². The van der Waals surface area contributed by atoms with Gasteiger partial charge in [-0.2, -0.15) is 9.61 Å². The molecule has 108 valence electrons. The molecule has 1 aromatic carbocycles. The first-order valence-corrected chi connectivity index (χ1v) is 7.69. The highest BCUT2D eigenvalue weighted by Crippen LogP contribution is 2.23. The second kappa shape index (κ2) is 5.40. The first kappa shape index (κ1) is 13.2. The summed E-state index contributed by atoms with van der Waals surface area (Å²) in [6, 6.07) is 11.2. The Kier molecular flexibility index (Phi) is 3.25. The molecule has 0 saturated carbocycles. The van der Waals surface area contributed by atoms with Crippen LogP contribution in [0.5, 0.6) is 0 Å². The first-order chi connectivity index (χ1) is 10.8. The number of aromatic nitrogens is 4. The van der Waals surface area contributed by atoms with Gasteiger partial charge < -0.3 is 4.42 Å². The molecule has 0 atom stereocenters. The Bertz CT molecular complexity index is 938. The third-order valence-corrected chi connectivity index (χ3v) is 4.16. The van der Waals surface area contributed by atoms with Crippen molar-refractivity contribution < 1.29 is 4.42 Å². The Balaban J connectivity index is 1.71. The van der Waals surface area contributed by atoms with E-state index in [-0.39, 0.29) is 0 Å². The zero-order valence-corrected chi connectivity index (χ0v) is 12.8. The lowest BCUT2D eigenvalue weighted by atomic mass is 10.2. The fourth-order valence-electron chi connectivity index (χ4n) is 2.02. The molecule has 3 heterocycles. The Hall–Kier alpha value is -2.44. The van der Waals surface area contributed by atoms with Crippen LogP contribution in [0.2, 0.25) is 5.02 Å². The van der Waals surface area contributed by atoms with Crippen molar-refractivity contribution in [2.75, 3.05) is 0 Å². The van der Waals surface area contributed by atoms with Gasteiger partial charge in [0.2, 0.25) is 4.96 Å². The molecule has 0 amide bonds. The van der Waals surface area contributed by atoms with Gasteiger partial charge >= 0.3 is 0 Å². The van der Waals surface area contributed by atoms with Crippen molar-refractivity contribution in [1.29, 1.82) is 0 Å². The van der Waals surface area contributed by atoms with Crippen LogP contribution in [0.1, 0.15) is 10.8 Å². The molecule has 0 N–H and O–H groups in total. The maximum absolute atomic E-state index is 5.91. The molecule has 22 heavy (non-hydrogen) atoms. The summed E-state index contributed by atoms with van der Waals surface area (Å²) in [7, 11) is 0. The smallest absolute Gasteiger partial charge is 0.235 e. The minimum Gasteiger partial charge on any atom is -0.465 e. The summed E-state index contributed by atoms with van der Waals surface area (Å²) in [6.07, 6.45) is 5.40. The second-order valence-electron chi connectivity index (χ2n) is 4.51. The van der Waals surface area contributed by atoms with Crippen molar-refractivity contribution in [2.45, 2.75) is 0 Å². The molecule has 0 saturated heterocycles. The van der Waals surface area contributed by atoms with Crippen LogP contribution >= 0.6 is 22.9 Å². The molecular formula is C15H9ClN4OS. The normalized spacial score (nSPS) is 11.7. The van der Waals surface area contributed by atoms with Crippen molar-refractivity contribution in [3.8, 4) is 11.4 Å². The molecule has 4 aromatic rings. The third-order valence-electron chi connectivity index (χ3n) is 3.04. The first-order valence-electron chi connectivity index (χ1n) is 6.49. The average Bonchev–Trinajstić information content (AvgIpc) is 3.23. The quantitative estimate of drug-likeness (QED) is 0.563. The van der Waals surface area contributed by atoms with E-state index in [1.807, 2.05) is 48.6 Å². The van der Waals surface area contributed by atoms with Crippen molar-refractivity contribution in [2.24, 2.45) is 0 Å². The average molecular weight is 329 g/mol. The van der Waals surface area contributed by atoms with E-state index in [9.17, 15) is 0 Å². The van der Waals surface area contributed by atoms with Crippen LogP contribution in [0.25, 0.3) is 28.5 Å². The SMILES string of the molecule is Clc1ccc(-c2nnc3sc(/C=C/c4ccco4)nn23)cc1. The van der Waals surface area contributed by atoms with Gasteiger partial charge in [0.1, 0.15) is 10.8 Å². The lowest BCUT2D eigenvalue weighted by molar-refractivity contribution is 0.557. The standard InChI is InChI=1S/C15H9ClN4OS/c16-11-5-3-10(4-6-11)14-17-18-15-20(14)19-13(22-15)8-7-12-2-1-9-21-12/h1-9H/b8-7+. The molecule has 0 bridgehead atoms. The minimum absolute atomic E-state index is 0.685. The summed E-state index contributed by atoms with van der Waals surface area (Å²) in [5, 5.41) is 14.4. The molecule has 0 radical (unpaired) electrons. The van der Waals surface area contributed by atoms with Gasteiger partial charge in [0.25, 0.3) is 0 Å². The molecule has 0 aliphatic heterocycles. The fourth-order valence-corrected chi connectivity index (χ4v) is 2.88. The number of nitrogens with zero attached hydrogens (tertiary/aromatic N) is 4. The monoisotopic (exact) mass is 328 g/mol. The molecule has 0 aliphatic rings. The number of furan rings is 1. The van der Waals surface area contributed by atoms with E-state index in [2.05, 4.69) is 15.3 Å². The van der Waals surface area contributed by atoms with Crippen LogP contribution in [0.4, 0.5) is 0 Å². The zero-order chi connectivity index (χ0) is 14.9. The predicted octanol–water partition coefficient (Wildman–Crippen LogP) is 4.27. The van der Waals surface area contributed by atoms with E-state index in [1.165, 1.54) is 11.3 Å². The molecule has 7 heteroatoms. The van der Waals surface area contributed by atoms with Crippen LogP contribution in [0.3, 0.4) is 0 Å². The van der Waals surface area contributed by atoms with Gasteiger partial charge in [0, 0.05) is 10.6 Å². The Morgan fingerprint density at radius 2 is 1.95 bits per heavy atom. The Morgan fingerprint density at radius 1 is 1.09 bits per heavy atom. The van der Waals surface area contributed by atoms with E-state index in [0.29, 0.717) is 10.8 Å². The van der Waals surface area contributed by atoms with Gasteiger partial charge in [-0.1, -0.05) is 22.9 Å². The van der Waals surface area contributed by atoms with E-state index >= 15 is 0 Å². The fraction of sp³-hybridized carbons (Fsp3) is 0. The van der Waals surface area contributed by atoms with Gasteiger partial charge in [-0.25, -0.2) is 0 Å². The van der Waals surface area contributed by atoms with E-state index < -0.39 is 0 Å². The largest absolute Gasteiger partial charge is 0.465 e. The second-order valence-corrected chi connectivity index (χ2v) is 5.94. The molecule has 0 aliphatic carbocycles. The number of halogens is 1. The number of fused-ring (bicyclic) bond motifs is 1. The maximum Gasteiger partial charge on any atom is 0.235 e. The number of hydrogen-bond donors (Lipinski definition) is 0.